The van der Waals surface area contributed by atoms with Gasteiger partial charge in [-0.25, -0.2) is 0 Å². The predicted molar refractivity (Wildman–Crippen MR) is 99.2 cm³/mol. The van der Waals surface area contributed by atoms with Gasteiger partial charge in [-0.05, 0) is 62.8 Å². The second-order valence-electron chi connectivity index (χ2n) is 7.39. The zero-order chi connectivity index (χ0) is 18.6. The standard InChI is InChI=1S/C21H26N2O3/c22-19(24)17-9-14-23(15-10-17)20(25)18-6-4-16(5-7-18)8-13-21(26)11-2-1-3-12-21/h4-7,17,26H,1-3,9-12,14-15H2,(H2,22,24). The number of benzene rings is 1. The lowest BCUT2D eigenvalue weighted by Gasteiger charge is -2.30. The summed E-state index contributed by atoms with van der Waals surface area (Å²) >= 11 is 0. The van der Waals surface area contributed by atoms with E-state index in [9.17, 15) is 14.7 Å². The molecular formula is C21H26N2O3. The molecule has 5 nitrogen and oxygen atoms in total. The molecule has 2 fully saturated rings. The minimum Gasteiger partial charge on any atom is -0.378 e. The Balaban J connectivity index is 1.61. The van der Waals surface area contributed by atoms with Crippen LogP contribution in [-0.4, -0.2) is 40.5 Å². The van der Waals surface area contributed by atoms with Crippen LogP contribution in [0.1, 0.15) is 60.9 Å². The molecular weight excluding hydrogens is 328 g/mol. The summed E-state index contributed by atoms with van der Waals surface area (Å²) in [6, 6.07) is 7.19. The zero-order valence-corrected chi connectivity index (χ0v) is 15.0. The number of hydrogen-bond acceptors (Lipinski definition) is 3. The van der Waals surface area contributed by atoms with Gasteiger partial charge >= 0.3 is 0 Å². The lowest BCUT2D eigenvalue weighted by atomic mass is 9.85. The van der Waals surface area contributed by atoms with E-state index in [0.29, 0.717) is 31.5 Å². The van der Waals surface area contributed by atoms with Gasteiger partial charge in [0, 0.05) is 30.1 Å². The van der Waals surface area contributed by atoms with E-state index in [1.807, 2.05) is 12.1 Å². The molecule has 0 radical (unpaired) electrons. The van der Waals surface area contributed by atoms with Crippen LogP contribution in [0.4, 0.5) is 0 Å². The van der Waals surface area contributed by atoms with Crippen molar-refractivity contribution in [3.05, 3.63) is 35.4 Å². The number of aliphatic hydroxyl groups is 1. The number of piperidine rings is 1. The molecule has 0 atom stereocenters. The normalized spacial score (nSPS) is 20.1. The van der Waals surface area contributed by atoms with Crippen molar-refractivity contribution in [1.29, 1.82) is 0 Å². The second kappa shape index (κ2) is 7.92. The molecule has 0 unspecified atom stereocenters. The number of carbonyl (C=O) groups is 2. The molecule has 1 aliphatic carbocycles. The Bertz CT molecular complexity index is 716. The summed E-state index contributed by atoms with van der Waals surface area (Å²) in [4.78, 5) is 25.6. The lowest BCUT2D eigenvalue weighted by molar-refractivity contribution is -0.123. The Morgan fingerprint density at radius 2 is 1.69 bits per heavy atom. The molecule has 26 heavy (non-hydrogen) atoms. The fourth-order valence-corrected chi connectivity index (χ4v) is 3.70. The molecule has 1 saturated heterocycles. The van der Waals surface area contributed by atoms with Crippen LogP contribution in [0.3, 0.4) is 0 Å². The number of hydrogen-bond donors (Lipinski definition) is 2. The van der Waals surface area contributed by atoms with E-state index in [4.69, 9.17) is 5.73 Å². The number of nitrogens with zero attached hydrogens (tertiary/aromatic N) is 1. The van der Waals surface area contributed by atoms with Gasteiger partial charge in [-0.1, -0.05) is 18.3 Å². The Kier molecular flexibility index (Phi) is 5.63. The Hall–Kier alpha value is -2.32. The van der Waals surface area contributed by atoms with Crippen molar-refractivity contribution in [2.24, 2.45) is 11.7 Å². The summed E-state index contributed by atoms with van der Waals surface area (Å²) in [5, 5.41) is 10.4. The fraction of sp³-hybridized carbons (Fsp3) is 0.524. The second-order valence-corrected chi connectivity index (χ2v) is 7.39. The maximum Gasteiger partial charge on any atom is 0.253 e. The van der Waals surface area contributed by atoms with Gasteiger partial charge in [0.2, 0.25) is 5.91 Å². The first-order valence-corrected chi connectivity index (χ1v) is 9.41. The smallest absolute Gasteiger partial charge is 0.253 e. The van der Waals surface area contributed by atoms with Gasteiger partial charge in [0.25, 0.3) is 5.91 Å². The summed E-state index contributed by atoms with van der Waals surface area (Å²) in [7, 11) is 0. The van der Waals surface area contributed by atoms with Crippen LogP contribution < -0.4 is 5.73 Å². The van der Waals surface area contributed by atoms with Crippen molar-refractivity contribution in [1.82, 2.24) is 4.90 Å². The number of amides is 2. The van der Waals surface area contributed by atoms with Crippen LogP contribution in [0.5, 0.6) is 0 Å². The summed E-state index contributed by atoms with van der Waals surface area (Å²) in [6.07, 6.45) is 5.93. The minimum atomic E-state index is -0.864. The van der Waals surface area contributed by atoms with Crippen LogP contribution in [0.15, 0.2) is 24.3 Å². The van der Waals surface area contributed by atoms with Gasteiger partial charge in [-0.2, -0.15) is 0 Å². The van der Waals surface area contributed by atoms with Crippen LogP contribution in [0.25, 0.3) is 0 Å². The average molecular weight is 354 g/mol. The first-order chi connectivity index (χ1) is 12.5. The largest absolute Gasteiger partial charge is 0.378 e. The first-order valence-electron chi connectivity index (χ1n) is 9.41. The Labute approximate surface area is 154 Å². The van der Waals surface area contributed by atoms with E-state index in [2.05, 4.69) is 11.8 Å². The molecule has 3 N–H and O–H groups in total. The third kappa shape index (κ3) is 4.44. The van der Waals surface area contributed by atoms with Crippen LogP contribution in [-0.2, 0) is 4.79 Å². The monoisotopic (exact) mass is 354 g/mol. The third-order valence-electron chi connectivity index (χ3n) is 5.44. The van der Waals surface area contributed by atoms with E-state index in [1.165, 1.54) is 0 Å². The highest BCUT2D eigenvalue weighted by Gasteiger charge is 2.27. The fourth-order valence-electron chi connectivity index (χ4n) is 3.70. The molecule has 1 aromatic carbocycles. The molecule has 2 aliphatic rings. The lowest BCUT2D eigenvalue weighted by Crippen LogP contribution is -2.41. The van der Waals surface area contributed by atoms with Gasteiger partial charge in [0.15, 0.2) is 0 Å². The predicted octanol–water partition coefficient (Wildman–Crippen LogP) is 2.07. The van der Waals surface area contributed by atoms with Crippen molar-refractivity contribution in [2.45, 2.75) is 50.5 Å². The molecule has 1 aromatic rings. The van der Waals surface area contributed by atoms with Gasteiger partial charge in [-0.3, -0.25) is 9.59 Å². The van der Waals surface area contributed by atoms with Crippen molar-refractivity contribution in [3.63, 3.8) is 0 Å². The average Bonchev–Trinajstić information content (AvgIpc) is 2.67. The Morgan fingerprint density at radius 3 is 2.27 bits per heavy atom. The minimum absolute atomic E-state index is 0.0293. The summed E-state index contributed by atoms with van der Waals surface area (Å²) in [5.74, 6) is 5.62. The van der Waals surface area contributed by atoms with Crippen LogP contribution in [0.2, 0.25) is 0 Å². The molecule has 0 spiro atoms. The van der Waals surface area contributed by atoms with E-state index < -0.39 is 5.60 Å². The summed E-state index contributed by atoms with van der Waals surface area (Å²) < 4.78 is 0. The molecule has 0 bridgehead atoms. The first kappa shape index (κ1) is 18.5. The molecule has 138 valence electrons. The molecule has 5 heteroatoms. The van der Waals surface area contributed by atoms with Gasteiger partial charge in [0.05, 0.1) is 0 Å². The van der Waals surface area contributed by atoms with Gasteiger partial charge in [0.1, 0.15) is 5.60 Å². The highest BCUT2D eigenvalue weighted by atomic mass is 16.3. The summed E-state index contributed by atoms with van der Waals surface area (Å²) in [6.45, 7) is 1.11. The van der Waals surface area contributed by atoms with Crippen molar-refractivity contribution in [3.8, 4) is 11.8 Å². The highest BCUT2D eigenvalue weighted by Crippen LogP contribution is 2.27. The van der Waals surface area contributed by atoms with Crippen molar-refractivity contribution >= 4 is 11.8 Å². The quantitative estimate of drug-likeness (QED) is 0.798. The number of primary amides is 1. The SMILES string of the molecule is NC(=O)C1CCN(C(=O)c2ccc(C#CC3(O)CCCCC3)cc2)CC1. The number of carbonyl (C=O) groups excluding carboxylic acids is 2. The maximum atomic E-state index is 12.6. The number of rotatable bonds is 2. The number of nitrogens with two attached hydrogens (primary N) is 1. The zero-order valence-electron chi connectivity index (χ0n) is 15.0. The summed E-state index contributed by atoms with van der Waals surface area (Å²) in [5.41, 5.74) is 5.89. The van der Waals surface area contributed by atoms with Gasteiger partial charge < -0.3 is 15.7 Å². The van der Waals surface area contributed by atoms with Crippen molar-refractivity contribution < 1.29 is 14.7 Å². The third-order valence-corrected chi connectivity index (χ3v) is 5.44. The van der Waals surface area contributed by atoms with Crippen LogP contribution >= 0.6 is 0 Å². The molecule has 1 aliphatic heterocycles. The van der Waals surface area contributed by atoms with E-state index in [1.54, 1.807) is 17.0 Å². The number of likely N-dealkylation sites (tertiary alicyclic amines) is 1. The van der Waals surface area contributed by atoms with Crippen molar-refractivity contribution in [2.75, 3.05) is 13.1 Å². The highest BCUT2D eigenvalue weighted by molar-refractivity contribution is 5.94. The molecule has 1 saturated carbocycles. The Morgan fingerprint density at radius 1 is 1.08 bits per heavy atom. The van der Waals surface area contributed by atoms with Crippen LogP contribution in [0, 0.1) is 17.8 Å². The molecule has 0 aromatic heterocycles. The molecule has 2 amide bonds. The molecule has 3 rings (SSSR count). The van der Waals surface area contributed by atoms with E-state index in [0.717, 1.165) is 37.7 Å². The topological polar surface area (TPSA) is 83.6 Å². The van der Waals surface area contributed by atoms with E-state index >= 15 is 0 Å². The van der Waals surface area contributed by atoms with E-state index in [-0.39, 0.29) is 17.7 Å². The maximum absolute atomic E-state index is 12.6. The molecule has 1 heterocycles. The van der Waals surface area contributed by atoms with Gasteiger partial charge in [-0.15, -0.1) is 0 Å².